The molecular weight excluding hydrogens is 282 g/mol. The maximum Gasteiger partial charge on any atom is 0.241 e. The number of carbonyl (C=O) groups excluding carboxylic acids is 1. The Bertz CT molecular complexity index is 407. The molecule has 0 atom stereocenters. The fourth-order valence-corrected chi connectivity index (χ4v) is 1.87. The highest BCUT2D eigenvalue weighted by Crippen LogP contribution is 2.26. The van der Waals surface area contributed by atoms with Crippen molar-refractivity contribution in [2.45, 2.75) is 13.8 Å². The topological polar surface area (TPSA) is 36.4 Å². The van der Waals surface area contributed by atoms with Crippen molar-refractivity contribution in [3.8, 4) is 0 Å². The molecular formula is C12H18BrN3O. The molecule has 0 unspecified atom stereocenters. The minimum Gasteiger partial charge on any atom is -0.347 e. The molecule has 0 spiro atoms. The van der Waals surface area contributed by atoms with Gasteiger partial charge in [0.25, 0.3) is 0 Å². The zero-order valence-electron chi connectivity index (χ0n) is 10.7. The van der Waals surface area contributed by atoms with E-state index in [-0.39, 0.29) is 5.91 Å². The van der Waals surface area contributed by atoms with Crippen LogP contribution in [0.2, 0.25) is 0 Å². The summed E-state index contributed by atoms with van der Waals surface area (Å²) in [5.74, 6) is 0.893. The van der Waals surface area contributed by atoms with Crippen molar-refractivity contribution in [2.24, 2.45) is 0 Å². The average Bonchev–Trinajstić information content (AvgIpc) is 2.29. The first-order valence-corrected chi connectivity index (χ1v) is 6.32. The quantitative estimate of drug-likeness (QED) is 0.854. The second-order valence-electron chi connectivity index (χ2n) is 4.07. The number of rotatable bonds is 4. The molecule has 0 aromatic carbocycles. The van der Waals surface area contributed by atoms with Crippen LogP contribution in [0.1, 0.15) is 12.5 Å². The van der Waals surface area contributed by atoms with E-state index in [4.69, 9.17) is 0 Å². The van der Waals surface area contributed by atoms with Gasteiger partial charge in [-0.25, -0.2) is 4.98 Å². The molecule has 0 radical (unpaired) electrons. The van der Waals surface area contributed by atoms with Gasteiger partial charge in [-0.3, -0.25) is 4.79 Å². The number of carbonyl (C=O) groups is 1. The SMILES string of the molecule is CCN(CC(=O)N(C)C)c1nccc(C)c1Br. The van der Waals surface area contributed by atoms with Gasteiger partial charge < -0.3 is 9.80 Å². The first-order chi connectivity index (χ1) is 7.97. The summed E-state index contributed by atoms with van der Waals surface area (Å²) in [6.45, 7) is 5.11. The smallest absolute Gasteiger partial charge is 0.241 e. The monoisotopic (exact) mass is 299 g/mol. The number of anilines is 1. The lowest BCUT2D eigenvalue weighted by molar-refractivity contribution is -0.127. The lowest BCUT2D eigenvalue weighted by Crippen LogP contribution is -2.37. The van der Waals surface area contributed by atoms with Crippen LogP contribution in [0.5, 0.6) is 0 Å². The first-order valence-electron chi connectivity index (χ1n) is 5.53. The Morgan fingerprint density at radius 1 is 1.47 bits per heavy atom. The van der Waals surface area contributed by atoms with Gasteiger partial charge in [0.2, 0.25) is 5.91 Å². The minimum atomic E-state index is 0.0713. The predicted molar refractivity (Wildman–Crippen MR) is 73.3 cm³/mol. The summed E-state index contributed by atoms with van der Waals surface area (Å²) in [7, 11) is 3.52. The molecule has 1 amide bonds. The summed E-state index contributed by atoms with van der Waals surface area (Å²) in [5, 5.41) is 0. The van der Waals surface area contributed by atoms with Crippen LogP contribution in [0.3, 0.4) is 0 Å². The Morgan fingerprint density at radius 3 is 2.65 bits per heavy atom. The number of halogens is 1. The van der Waals surface area contributed by atoms with E-state index in [0.29, 0.717) is 6.54 Å². The van der Waals surface area contributed by atoms with Gasteiger partial charge in [-0.2, -0.15) is 0 Å². The molecule has 0 fully saturated rings. The van der Waals surface area contributed by atoms with Crippen LogP contribution in [0, 0.1) is 6.92 Å². The lowest BCUT2D eigenvalue weighted by atomic mass is 10.3. The number of aryl methyl sites for hydroxylation is 1. The van der Waals surface area contributed by atoms with Crippen LogP contribution in [0.25, 0.3) is 0 Å². The van der Waals surface area contributed by atoms with E-state index in [2.05, 4.69) is 20.9 Å². The highest BCUT2D eigenvalue weighted by atomic mass is 79.9. The van der Waals surface area contributed by atoms with Gasteiger partial charge >= 0.3 is 0 Å². The molecule has 0 aliphatic carbocycles. The van der Waals surface area contributed by atoms with Crippen LogP contribution >= 0.6 is 15.9 Å². The third-order valence-corrected chi connectivity index (χ3v) is 3.55. The molecule has 0 aliphatic heterocycles. The fraction of sp³-hybridized carbons (Fsp3) is 0.500. The highest BCUT2D eigenvalue weighted by molar-refractivity contribution is 9.10. The second-order valence-corrected chi connectivity index (χ2v) is 4.86. The number of hydrogen-bond donors (Lipinski definition) is 0. The zero-order chi connectivity index (χ0) is 13.0. The van der Waals surface area contributed by atoms with E-state index >= 15 is 0 Å². The molecule has 17 heavy (non-hydrogen) atoms. The van der Waals surface area contributed by atoms with Crippen LogP contribution in [0.4, 0.5) is 5.82 Å². The molecule has 1 aromatic heterocycles. The van der Waals surface area contributed by atoms with Crippen LogP contribution in [0.15, 0.2) is 16.7 Å². The maximum atomic E-state index is 11.7. The summed E-state index contributed by atoms with van der Waals surface area (Å²) < 4.78 is 0.952. The molecule has 0 aliphatic rings. The number of likely N-dealkylation sites (N-methyl/N-ethyl adjacent to an activating group) is 2. The third-order valence-electron chi connectivity index (χ3n) is 2.57. The molecule has 1 aromatic rings. The van der Waals surface area contributed by atoms with Gasteiger partial charge in [0, 0.05) is 26.8 Å². The molecule has 0 saturated carbocycles. The molecule has 0 saturated heterocycles. The highest BCUT2D eigenvalue weighted by Gasteiger charge is 2.15. The van der Waals surface area contributed by atoms with Crippen LogP contribution < -0.4 is 4.90 Å². The fourth-order valence-electron chi connectivity index (χ4n) is 1.39. The van der Waals surface area contributed by atoms with Gasteiger partial charge in [0.1, 0.15) is 5.82 Å². The van der Waals surface area contributed by atoms with Gasteiger partial charge in [-0.05, 0) is 41.4 Å². The number of amides is 1. The molecule has 0 bridgehead atoms. The van der Waals surface area contributed by atoms with Gasteiger partial charge in [0.15, 0.2) is 0 Å². The van der Waals surface area contributed by atoms with Crippen molar-refractivity contribution < 1.29 is 4.79 Å². The summed E-state index contributed by atoms with van der Waals surface area (Å²) in [4.78, 5) is 19.6. The van der Waals surface area contributed by atoms with Crippen molar-refractivity contribution in [2.75, 3.05) is 32.1 Å². The normalized spacial score (nSPS) is 10.2. The van der Waals surface area contributed by atoms with Crippen molar-refractivity contribution >= 4 is 27.7 Å². The van der Waals surface area contributed by atoms with Crippen molar-refractivity contribution in [1.29, 1.82) is 0 Å². The Kier molecular flexibility index (Phi) is 4.93. The summed E-state index contributed by atoms with van der Waals surface area (Å²) in [5.41, 5.74) is 1.12. The molecule has 4 nitrogen and oxygen atoms in total. The Morgan fingerprint density at radius 2 is 2.12 bits per heavy atom. The van der Waals surface area contributed by atoms with Gasteiger partial charge in [-0.1, -0.05) is 0 Å². The molecule has 0 N–H and O–H groups in total. The molecule has 94 valence electrons. The van der Waals surface area contributed by atoms with Crippen molar-refractivity contribution in [1.82, 2.24) is 9.88 Å². The first kappa shape index (κ1) is 14.0. The number of hydrogen-bond acceptors (Lipinski definition) is 3. The Hall–Kier alpha value is -1.10. The molecule has 1 rings (SSSR count). The van der Waals surface area contributed by atoms with E-state index < -0.39 is 0 Å². The molecule has 5 heteroatoms. The molecule has 1 heterocycles. The van der Waals surface area contributed by atoms with Crippen molar-refractivity contribution in [3.05, 3.63) is 22.3 Å². The average molecular weight is 300 g/mol. The maximum absolute atomic E-state index is 11.7. The second kappa shape index (κ2) is 6.00. The zero-order valence-corrected chi connectivity index (χ0v) is 12.3. The van der Waals surface area contributed by atoms with Crippen LogP contribution in [-0.4, -0.2) is 43.0 Å². The number of aromatic nitrogens is 1. The number of pyridine rings is 1. The number of nitrogens with zero attached hydrogens (tertiary/aromatic N) is 3. The van der Waals surface area contributed by atoms with E-state index in [1.54, 1.807) is 25.2 Å². The Balaban J connectivity index is 2.94. The summed E-state index contributed by atoms with van der Waals surface area (Å²) >= 11 is 3.52. The summed E-state index contributed by atoms with van der Waals surface area (Å²) in [6, 6.07) is 1.94. The van der Waals surface area contributed by atoms with E-state index in [9.17, 15) is 4.79 Å². The lowest BCUT2D eigenvalue weighted by Gasteiger charge is -2.24. The van der Waals surface area contributed by atoms with E-state index in [0.717, 1.165) is 22.4 Å². The van der Waals surface area contributed by atoms with E-state index in [1.165, 1.54) is 0 Å². The van der Waals surface area contributed by atoms with E-state index in [1.807, 2.05) is 24.8 Å². The Labute approximate surface area is 111 Å². The minimum absolute atomic E-state index is 0.0713. The van der Waals surface area contributed by atoms with Gasteiger partial charge in [0.05, 0.1) is 11.0 Å². The van der Waals surface area contributed by atoms with Crippen molar-refractivity contribution in [3.63, 3.8) is 0 Å². The standard InChI is InChI=1S/C12H18BrN3O/c1-5-16(8-10(17)15(3)4)12-11(13)9(2)6-7-14-12/h6-7H,5,8H2,1-4H3. The predicted octanol–water partition coefficient (Wildman–Crippen LogP) is 2.07. The van der Waals surface area contributed by atoms with Gasteiger partial charge in [-0.15, -0.1) is 0 Å². The summed E-state index contributed by atoms with van der Waals surface area (Å²) in [6.07, 6.45) is 1.76. The third kappa shape index (κ3) is 3.43. The largest absolute Gasteiger partial charge is 0.347 e. The van der Waals surface area contributed by atoms with Crippen LogP contribution in [-0.2, 0) is 4.79 Å².